The first kappa shape index (κ1) is 23.2. The Kier molecular flexibility index (Phi) is 7.23. The Morgan fingerprint density at radius 2 is 1.70 bits per heavy atom. The maximum Gasteiger partial charge on any atom is 0.341 e. The zero-order valence-electron chi connectivity index (χ0n) is 18.7. The molecule has 174 valence electrons. The van der Waals surface area contributed by atoms with Gasteiger partial charge in [0.1, 0.15) is 5.00 Å². The van der Waals surface area contributed by atoms with Crippen molar-refractivity contribution >= 4 is 45.6 Å². The lowest BCUT2D eigenvalue weighted by Crippen LogP contribution is -2.26. The third-order valence-corrected chi connectivity index (χ3v) is 7.45. The molecule has 2 amide bonds. The van der Waals surface area contributed by atoms with E-state index in [1.165, 1.54) is 18.3 Å². The number of thiophene rings is 1. The minimum absolute atomic E-state index is 0.0141. The number of benzene rings is 1. The molecule has 2 aromatic rings. The highest BCUT2D eigenvalue weighted by atomic mass is 32.1. The summed E-state index contributed by atoms with van der Waals surface area (Å²) in [5.41, 5.74) is 2.39. The lowest BCUT2D eigenvalue weighted by Gasteiger charge is -2.20. The monoisotopic (exact) mass is 468 g/mol. The molecule has 2 N–H and O–H groups in total. The predicted molar refractivity (Wildman–Crippen MR) is 127 cm³/mol. The van der Waals surface area contributed by atoms with Crippen LogP contribution >= 0.6 is 11.3 Å². The minimum Gasteiger partial charge on any atom is -0.452 e. The number of ether oxygens (including phenoxy) is 1. The highest BCUT2D eigenvalue weighted by molar-refractivity contribution is 7.17. The normalized spacial score (nSPS) is 15.5. The molecule has 1 fully saturated rings. The molecule has 0 unspecified atom stereocenters. The van der Waals surface area contributed by atoms with E-state index in [2.05, 4.69) is 10.6 Å². The second kappa shape index (κ2) is 10.3. The molecule has 4 rings (SSSR count). The van der Waals surface area contributed by atoms with Crippen LogP contribution in [-0.4, -0.2) is 30.2 Å². The van der Waals surface area contributed by atoms with Crippen molar-refractivity contribution in [1.29, 1.82) is 0 Å². The van der Waals surface area contributed by atoms with E-state index in [9.17, 15) is 19.2 Å². The Hall–Kier alpha value is -3.00. The SMILES string of the molecule is CC(=O)c1ccc(NC(=O)COC(=O)c2c(NC(=O)C3CCCCC3)sc3c2CCC3)cc1. The number of esters is 1. The number of fused-ring (bicyclic) bond motifs is 1. The van der Waals surface area contributed by atoms with Crippen molar-refractivity contribution in [2.75, 3.05) is 17.2 Å². The van der Waals surface area contributed by atoms with E-state index in [0.717, 1.165) is 61.8 Å². The summed E-state index contributed by atoms with van der Waals surface area (Å²) in [5.74, 6) is -1.17. The predicted octanol–water partition coefficient (Wildman–Crippen LogP) is 4.75. The summed E-state index contributed by atoms with van der Waals surface area (Å²) < 4.78 is 5.33. The molecule has 0 bridgehead atoms. The maximum absolute atomic E-state index is 12.9. The van der Waals surface area contributed by atoms with E-state index in [4.69, 9.17) is 4.74 Å². The van der Waals surface area contributed by atoms with Gasteiger partial charge >= 0.3 is 5.97 Å². The number of hydrogen-bond acceptors (Lipinski definition) is 6. The Morgan fingerprint density at radius 3 is 2.39 bits per heavy atom. The quantitative estimate of drug-likeness (QED) is 0.451. The van der Waals surface area contributed by atoms with Gasteiger partial charge in [-0.15, -0.1) is 11.3 Å². The molecular formula is C25H28N2O5S. The smallest absolute Gasteiger partial charge is 0.341 e. The van der Waals surface area contributed by atoms with Crippen LogP contribution in [0.2, 0.25) is 0 Å². The van der Waals surface area contributed by atoms with Gasteiger partial charge in [-0.1, -0.05) is 19.3 Å². The lowest BCUT2D eigenvalue weighted by atomic mass is 9.89. The molecule has 0 spiro atoms. The van der Waals surface area contributed by atoms with Crippen molar-refractivity contribution in [3.8, 4) is 0 Å². The molecule has 1 aromatic carbocycles. The van der Waals surface area contributed by atoms with Gasteiger partial charge in [0.15, 0.2) is 12.4 Å². The molecular weight excluding hydrogens is 440 g/mol. The number of ketones is 1. The molecule has 2 aliphatic carbocycles. The van der Waals surface area contributed by atoms with Crippen LogP contribution in [0.25, 0.3) is 0 Å². The summed E-state index contributed by atoms with van der Waals surface area (Å²) in [7, 11) is 0. The molecule has 1 heterocycles. The number of hydrogen-bond donors (Lipinski definition) is 2. The van der Waals surface area contributed by atoms with Crippen LogP contribution in [0.5, 0.6) is 0 Å². The van der Waals surface area contributed by atoms with E-state index in [0.29, 0.717) is 21.8 Å². The average Bonchev–Trinajstić information content (AvgIpc) is 3.39. The van der Waals surface area contributed by atoms with E-state index >= 15 is 0 Å². The van der Waals surface area contributed by atoms with Gasteiger partial charge in [0.25, 0.3) is 5.91 Å². The molecule has 8 heteroatoms. The van der Waals surface area contributed by atoms with Crippen LogP contribution in [0, 0.1) is 5.92 Å². The van der Waals surface area contributed by atoms with E-state index in [1.54, 1.807) is 24.3 Å². The summed E-state index contributed by atoms with van der Waals surface area (Å²) in [5, 5.41) is 6.18. The van der Waals surface area contributed by atoms with Crippen molar-refractivity contribution in [2.45, 2.75) is 58.3 Å². The van der Waals surface area contributed by atoms with Gasteiger partial charge in [-0.2, -0.15) is 0 Å². The Balaban J connectivity index is 1.39. The Morgan fingerprint density at radius 1 is 0.970 bits per heavy atom. The standard InChI is InChI=1S/C25H28N2O5S/c1-15(28)16-10-12-18(13-11-16)26-21(29)14-32-25(31)22-19-8-5-9-20(19)33-24(22)27-23(30)17-6-3-2-4-7-17/h10-13,17H,2-9,14H2,1H3,(H,26,29)(H,27,30). The summed E-state index contributed by atoms with van der Waals surface area (Å²) >= 11 is 1.45. The fraction of sp³-hybridized carbons (Fsp3) is 0.440. The second-order valence-electron chi connectivity index (χ2n) is 8.64. The average molecular weight is 469 g/mol. The summed E-state index contributed by atoms with van der Waals surface area (Å²) in [6, 6.07) is 6.50. The highest BCUT2D eigenvalue weighted by Gasteiger charge is 2.30. The third kappa shape index (κ3) is 5.50. The number of amides is 2. The molecule has 0 radical (unpaired) electrons. The van der Waals surface area contributed by atoms with Crippen LogP contribution in [0.3, 0.4) is 0 Å². The topological polar surface area (TPSA) is 102 Å². The lowest BCUT2D eigenvalue weighted by molar-refractivity contribution is -0.121. The molecule has 0 aliphatic heterocycles. The fourth-order valence-corrected chi connectivity index (χ4v) is 5.76. The minimum atomic E-state index is -0.588. The zero-order valence-corrected chi connectivity index (χ0v) is 19.5. The van der Waals surface area contributed by atoms with Crippen LogP contribution in [0.1, 0.15) is 76.6 Å². The van der Waals surface area contributed by atoms with Gasteiger partial charge in [0, 0.05) is 22.0 Å². The molecule has 2 aliphatic rings. The molecule has 1 saturated carbocycles. The van der Waals surface area contributed by atoms with Crippen LogP contribution in [-0.2, 0) is 27.2 Å². The van der Waals surface area contributed by atoms with Crippen molar-refractivity contribution in [3.05, 3.63) is 45.8 Å². The number of aryl methyl sites for hydroxylation is 1. The van der Waals surface area contributed by atoms with Crippen molar-refractivity contribution in [2.24, 2.45) is 5.92 Å². The molecule has 33 heavy (non-hydrogen) atoms. The first-order valence-corrected chi connectivity index (χ1v) is 12.3. The van der Waals surface area contributed by atoms with Crippen LogP contribution in [0.15, 0.2) is 24.3 Å². The molecule has 0 saturated heterocycles. The number of rotatable bonds is 7. The first-order chi connectivity index (χ1) is 15.9. The van der Waals surface area contributed by atoms with Crippen molar-refractivity contribution in [1.82, 2.24) is 0 Å². The summed E-state index contributed by atoms with van der Waals surface area (Å²) in [4.78, 5) is 50.5. The van der Waals surface area contributed by atoms with Crippen LogP contribution in [0.4, 0.5) is 10.7 Å². The van der Waals surface area contributed by atoms with Crippen molar-refractivity contribution in [3.63, 3.8) is 0 Å². The number of carbonyl (C=O) groups is 4. The number of nitrogens with one attached hydrogen (secondary N) is 2. The third-order valence-electron chi connectivity index (χ3n) is 6.25. The summed E-state index contributed by atoms with van der Waals surface area (Å²) in [6.07, 6.45) is 7.66. The van der Waals surface area contributed by atoms with Gasteiger partial charge in [0.2, 0.25) is 5.91 Å². The number of carbonyl (C=O) groups excluding carboxylic acids is 4. The van der Waals surface area contributed by atoms with Gasteiger partial charge < -0.3 is 15.4 Å². The van der Waals surface area contributed by atoms with Gasteiger partial charge in [0.05, 0.1) is 5.56 Å². The van der Waals surface area contributed by atoms with Crippen LogP contribution < -0.4 is 10.6 Å². The van der Waals surface area contributed by atoms with E-state index in [-0.39, 0.29) is 17.6 Å². The number of Topliss-reactive ketones (excluding diaryl/α,β-unsaturated/α-hetero) is 1. The second-order valence-corrected chi connectivity index (χ2v) is 9.75. The van der Waals surface area contributed by atoms with Gasteiger partial charge in [-0.25, -0.2) is 4.79 Å². The first-order valence-electron chi connectivity index (χ1n) is 11.5. The molecule has 1 aromatic heterocycles. The molecule has 0 atom stereocenters. The number of anilines is 2. The largest absolute Gasteiger partial charge is 0.452 e. The van der Waals surface area contributed by atoms with E-state index in [1.807, 2.05) is 0 Å². The summed E-state index contributed by atoms with van der Waals surface area (Å²) in [6.45, 7) is 1.04. The Labute approximate surface area is 196 Å². The molecule has 7 nitrogen and oxygen atoms in total. The van der Waals surface area contributed by atoms with Crippen molar-refractivity contribution < 1.29 is 23.9 Å². The maximum atomic E-state index is 12.9. The highest BCUT2D eigenvalue weighted by Crippen LogP contribution is 2.40. The fourth-order valence-electron chi connectivity index (χ4n) is 4.48. The van der Waals surface area contributed by atoms with Gasteiger partial charge in [-0.05, 0) is 68.9 Å². The van der Waals surface area contributed by atoms with Gasteiger partial charge in [-0.3, -0.25) is 14.4 Å². The van der Waals surface area contributed by atoms with E-state index < -0.39 is 18.5 Å². The Bertz CT molecular complexity index is 1070. The zero-order chi connectivity index (χ0) is 23.4.